The van der Waals surface area contributed by atoms with Crippen molar-refractivity contribution in [3.8, 4) is 0 Å². The van der Waals surface area contributed by atoms with Gasteiger partial charge in [-0.25, -0.2) is 4.99 Å². The molecule has 114 valence electrons. The average Bonchev–Trinajstić information content (AvgIpc) is 2.45. The Balaban J connectivity index is 1.84. The van der Waals surface area contributed by atoms with E-state index in [0.29, 0.717) is 24.2 Å². The highest BCUT2D eigenvalue weighted by Crippen LogP contribution is 2.28. The standard InChI is InChI=1S/C16H22N2O2S/c1-10(2)13-6-4-12(5-7-13)9-20-15(19)14-8-17-16(21)18-11(14)3/h4,13-14H,1,5-9H2,2-3H3,(H,17,21)/t13-,14?/m1/s1. The number of carbonyl (C=O) groups excluding carboxylic acids is 1. The molecule has 2 aliphatic rings. The van der Waals surface area contributed by atoms with Gasteiger partial charge in [0.15, 0.2) is 5.11 Å². The van der Waals surface area contributed by atoms with Crippen LogP contribution < -0.4 is 5.32 Å². The van der Waals surface area contributed by atoms with Gasteiger partial charge in [0.2, 0.25) is 0 Å². The Morgan fingerprint density at radius 3 is 2.95 bits per heavy atom. The quantitative estimate of drug-likeness (QED) is 0.493. The summed E-state index contributed by atoms with van der Waals surface area (Å²) in [4.78, 5) is 16.2. The van der Waals surface area contributed by atoms with Crippen molar-refractivity contribution in [2.45, 2.75) is 33.1 Å². The van der Waals surface area contributed by atoms with Gasteiger partial charge in [0.25, 0.3) is 0 Å². The van der Waals surface area contributed by atoms with Crippen molar-refractivity contribution < 1.29 is 9.53 Å². The van der Waals surface area contributed by atoms with E-state index in [1.165, 1.54) is 11.1 Å². The van der Waals surface area contributed by atoms with Gasteiger partial charge in [-0.15, -0.1) is 0 Å². The molecule has 21 heavy (non-hydrogen) atoms. The van der Waals surface area contributed by atoms with Crippen LogP contribution in [0.3, 0.4) is 0 Å². The van der Waals surface area contributed by atoms with Crippen LogP contribution >= 0.6 is 12.2 Å². The Labute approximate surface area is 131 Å². The maximum atomic E-state index is 12.1. The fraction of sp³-hybridized carbons (Fsp3) is 0.562. The number of ether oxygens (including phenoxy) is 1. The molecule has 1 unspecified atom stereocenters. The summed E-state index contributed by atoms with van der Waals surface area (Å²) >= 11 is 4.95. The number of hydrogen-bond acceptors (Lipinski definition) is 3. The number of nitrogens with one attached hydrogen (secondary N) is 1. The zero-order valence-electron chi connectivity index (χ0n) is 12.6. The van der Waals surface area contributed by atoms with E-state index in [1.54, 1.807) is 0 Å². The van der Waals surface area contributed by atoms with Gasteiger partial charge in [0, 0.05) is 12.3 Å². The molecule has 1 heterocycles. The first-order chi connectivity index (χ1) is 9.97. The topological polar surface area (TPSA) is 50.7 Å². The molecule has 0 radical (unpaired) electrons. The molecule has 5 heteroatoms. The lowest BCUT2D eigenvalue weighted by atomic mass is 9.86. The zero-order chi connectivity index (χ0) is 15.4. The molecule has 0 fully saturated rings. The lowest BCUT2D eigenvalue weighted by Gasteiger charge is -2.24. The molecule has 4 nitrogen and oxygen atoms in total. The minimum absolute atomic E-state index is 0.228. The number of carbonyl (C=O) groups is 1. The summed E-state index contributed by atoms with van der Waals surface area (Å²) in [5.74, 6) is 0.0145. The monoisotopic (exact) mass is 306 g/mol. The van der Waals surface area contributed by atoms with Gasteiger partial charge in [-0.1, -0.05) is 18.2 Å². The molecule has 1 aliphatic heterocycles. The van der Waals surface area contributed by atoms with E-state index >= 15 is 0 Å². The highest BCUT2D eigenvalue weighted by molar-refractivity contribution is 7.80. The van der Waals surface area contributed by atoms with Crippen molar-refractivity contribution in [3.63, 3.8) is 0 Å². The molecule has 1 aliphatic carbocycles. The third kappa shape index (κ3) is 4.24. The Bertz CT molecular complexity index is 522. The summed E-state index contributed by atoms with van der Waals surface area (Å²) in [6.45, 7) is 8.76. The minimum Gasteiger partial charge on any atom is -0.461 e. The Morgan fingerprint density at radius 2 is 2.38 bits per heavy atom. The summed E-state index contributed by atoms with van der Waals surface area (Å²) in [6.07, 6.45) is 5.26. The molecule has 0 aromatic rings. The van der Waals surface area contributed by atoms with E-state index in [0.717, 1.165) is 25.0 Å². The van der Waals surface area contributed by atoms with E-state index < -0.39 is 0 Å². The van der Waals surface area contributed by atoms with Gasteiger partial charge in [0.1, 0.15) is 12.5 Å². The maximum Gasteiger partial charge on any atom is 0.316 e. The minimum atomic E-state index is -0.330. The SMILES string of the molecule is C=C(C)[C@@H]1CC=C(COC(=O)C2CNC(=S)N=C2C)CC1. The van der Waals surface area contributed by atoms with Gasteiger partial charge in [-0.3, -0.25) is 4.79 Å². The molecule has 0 spiro atoms. The number of hydrogen-bond donors (Lipinski definition) is 1. The second-order valence-electron chi connectivity index (χ2n) is 5.78. The summed E-state index contributed by atoms with van der Waals surface area (Å²) in [5.41, 5.74) is 3.16. The van der Waals surface area contributed by atoms with Crippen LogP contribution in [0, 0.1) is 11.8 Å². The van der Waals surface area contributed by atoms with E-state index in [1.807, 2.05) is 6.92 Å². The van der Waals surface area contributed by atoms with Gasteiger partial charge in [0.05, 0.1) is 0 Å². The number of rotatable bonds is 4. The third-order valence-corrected chi connectivity index (χ3v) is 4.36. The van der Waals surface area contributed by atoms with Gasteiger partial charge in [-0.2, -0.15) is 0 Å². The van der Waals surface area contributed by atoms with Crippen molar-refractivity contribution in [2.75, 3.05) is 13.2 Å². The molecule has 2 rings (SSSR count). The van der Waals surface area contributed by atoms with Crippen LogP contribution in [0.1, 0.15) is 33.1 Å². The molecule has 1 N–H and O–H groups in total. The molecule has 0 bridgehead atoms. The molecular weight excluding hydrogens is 284 g/mol. The van der Waals surface area contributed by atoms with E-state index in [9.17, 15) is 4.79 Å². The second kappa shape index (κ2) is 6.98. The molecule has 0 aromatic carbocycles. The molecule has 0 saturated heterocycles. The molecule has 2 atom stereocenters. The summed E-state index contributed by atoms with van der Waals surface area (Å²) in [7, 11) is 0. The third-order valence-electron chi connectivity index (χ3n) is 4.13. The van der Waals surface area contributed by atoms with Crippen molar-refractivity contribution in [1.82, 2.24) is 5.32 Å². The lowest BCUT2D eigenvalue weighted by Crippen LogP contribution is -2.41. The zero-order valence-corrected chi connectivity index (χ0v) is 13.5. The number of esters is 1. The number of aliphatic imine (C=N–C) groups is 1. The highest BCUT2D eigenvalue weighted by Gasteiger charge is 2.27. The number of allylic oxidation sites excluding steroid dienone is 2. The van der Waals surface area contributed by atoms with Crippen LogP contribution in [0.25, 0.3) is 0 Å². The van der Waals surface area contributed by atoms with E-state index in [4.69, 9.17) is 17.0 Å². The normalized spacial score (nSPS) is 25.5. The summed E-state index contributed by atoms with van der Waals surface area (Å²) in [6, 6.07) is 0. The smallest absolute Gasteiger partial charge is 0.316 e. The van der Waals surface area contributed by atoms with Crippen LogP contribution in [-0.4, -0.2) is 29.9 Å². The van der Waals surface area contributed by atoms with E-state index in [2.05, 4.69) is 29.9 Å². The van der Waals surface area contributed by atoms with Crippen molar-refractivity contribution >= 4 is 29.0 Å². The lowest BCUT2D eigenvalue weighted by molar-refractivity contribution is -0.145. The van der Waals surface area contributed by atoms with Crippen molar-refractivity contribution in [2.24, 2.45) is 16.8 Å². The van der Waals surface area contributed by atoms with Crippen LogP contribution in [0.4, 0.5) is 0 Å². The fourth-order valence-electron chi connectivity index (χ4n) is 2.60. The predicted molar refractivity (Wildman–Crippen MR) is 88.4 cm³/mol. The molecular formula is C16H22N2O2S. The van der Waals surface area contributed by atoms with Gasteiger partial charge in [-0.05, 0) is 56.8 Å². The van der Waals surface area contributed by atoms with Crippen LogP contribution in [0.15, 0.2) is 28.8 Å². The molecule has 0 amide bonds. The van der Waals surface area contributed by atoms with Crippen LogP contribution in [-0.2, 0) is 9.53 Å². The maximum absolute atomic E-state index is 12.1. The first-order valence-electron chi connectivity index (χ1n) is 7.30. The average molecular weight is 306 g/mol. The second-order valence-corrected chi connectivity index (χ2v) is 6.17. The summed E-state index contributed by atoms with van der Waals surface area (Å²) < 4.78 is 5.43. The Hall–Kier alpha value is -1.49. The largest absolute Gasteiger partial charge is 0.461 e. The first-order valence-corrected chi connectivity index (χ1v) is 7.71. The first kappa shape index (κ1) is 15.9. The predicted octanol–water partition coefficient (Wildman–Crippen LogP) is 2.80. The van der Waals surface area contributed by atoms with Crippen molar-refractivity contribution in [1.29, 1.82) is 0 Å². The molecule has 0 aromatic heterocycles. The van der Waals surface area contributed by atoms with Gasteiger partial charge < -0.3 is 10.1 Å². The number of nitrogens with zero attached hydrogens (tertiary/aromatic N) is 1. The highest BCUT2D eigenvalue weighted by atomic mass is 32.1. The molecule has 0 saturated carbocycles. The summed E-state index contributed by atoms with van der Waals surface area (Å²) in [5, 5.41) is 3.36. The van der Waals surface area contributed by atoms with Crippen molar-refractivity contribution in [3.05, 3.63) is 23.8 Å². The Kier molecular flexibility index (Phi) is 5.28. The fourth-order valence-corrected chi connectivity index (χ4v) is 2.83. The van der Waals surface area contributed by atoms with Crippen LogP contribution in [0.5, 0.6) is 0 Å². The number of thiocarbonyl (C=S) groups is 1. The Morgan fingerprint density at radius 1 is 1.62 bits per heavy atom. The van der Waals surface area contributed by atoms with E-state index in [-0.39, 0.29) is 11.9 Å². The van der Waals surface area contributed by atoms with Gasteiger partial charge >= 0.3 is 5.97 Å². The van der Waals surface area contributed by atoms with Crippen LogP contribution in [0.2, 0.25) is 0 Å².